The maximum Gasteiger partial charge on any atom is 0.119 e. The first-order chi connectivity index (χ1) is 13.2. The molecule has 4 heteroatoms. The van der Waals surface area contributed by atoms with Crippen LogP contribution in [0.15, 0.2) is 77.0 Å². The fraction of sp³-hybridized carbons (Fsp3) is 0.0870. The fourth-order valence-corrected chi connectivity index (χ4v) is 3.47. The molecule has 1 heterocycles. The Kier molecular flexibility index (Phi) is 3.50. The van der Waals surface area contributed by atoms with E-state index >= 15 is 0 Å². The van der Waals surface area contributed by atoms with Gasteiger partial charge in [0.05, 0.1) is 28.1 Å². The number of benzene rings is 3. The summed E-state index contributed by atoms with van der Waals surface area (Å²) >= 11 is 0. The third kappa shape index (κ3) is 2.57. The molecule has 1 aliphatic carbocycles. The molecule has 0 saturated heterocycles. The van der Waals surface area contributed by atoms with Crippen molar-refractivity contribution in [1.82, 2.24) is 9.97 Å². The largest absolute Gasteiger partial charge is 0.350 e. The first-order valence-corrected chi connectivity index (χ1v) is 8.99. The highest BCUT2D eigenvalue weighted by Crippen LogP contribution is 2.43. The molecule has 0 fully saturated rings. The van der Waals surface area contributed by atoms with Crippen molar-refractivity contribution in [3.63, 3.8) is 0 Å². The van der Waals surface area contributed by atoms with Crippen molar-refractivity contribution in [2.24, 2.45) is 10.2 Å². The van der Waals surface area contributed by atoms with E-state index in [4.69, 9.17) is 4.98 Å². The molecule has 0 radical (unpaired) electrons. The number of rotatable bonds is 2. The van der Waals surface area contributed by atoms with Gasteiger partial charge in [0.1, 0.15) is 5.69 Å². The van der Waals surface area contributed by atoms with Crippen molar-refractivity contribution in [3.05, 3.63) is 77.9 Å². The van der Waals surface area contributed by atoms with E-state index < -0.39 is 0 Å². The Morgan fingerprint density at radius 1 is 0.778 bits per heavy atom. The van der Waals surface area contributed by atoms with Gasteiger partial charge in [0.25, 0.3) is 0 Å². The molecule has 2 aliphatic rings. The van der Waals surface area contributed by atoms with Crippen LogP contribution in [0.5, 0.6) is 0 Å². The van der Waals surface area contributed by atoms with E-state index in [0.29, 0.717) is 0 Å². The van der Waals surface area contributed by atoms with Crippen LogP contribution in [0.4, 0.5) is 11.4 Å². The van der Waals surface area contributed by atoms with Crippen molar-refractivity contribution >= 4 is 33.2 Å². The zero-order valence-corrected chi connectivity index (χ0v) is 15.2. The third-order valence-electron chi connectivity index (χ3n) is 5.04. The van der Waals surface area contributed by atoms with Gasteiger partial charge >= 0.3 is 0 Å². The van der Waals surface area contributed by atoms with Crippen LogP contribution in [0.2, 0.25) is 0 Å². The highest BCUT2D eigenvalue weighted by atomic mass is 15.1. The van der Waals surface area contributed by atoms with Crippen LogP contribution in [0.25, 0.3) is 33.2 Å². The van der Waals surface area contributed by atoms with E-state index in [1.807, 2.05) is 42.5 Å². The van der Waals surface area contributed by atoms with Crippen LogP contribution in [0.1, 0.15) is 11.1 Å². The normalized spacial score (nSPS) is 11.9. The summed E-state index contributed by atoms with van der Waals surface area (Å²) in [5, 5.41) is 11.2. The topological polar surface area (TPSA) is 53.4 Å². The van der Waals surface area contributed by atoms with E-state index in [0.717, 1.165) is 44.6 Å². The highest BCUT2D eigenvalue weighted by molar-refractivity contribution is 6.11. The van der Waals surface area contributed by atoms with Crippen LogP contribution in [0, 0.1) is 13.8 Å². The average Bonchev–Trinajstić information content (AvgIpc) is 2.99. The molecule has 130 valence electrons. The second-order valence-electron chi connectivity index (χ2n) is 6.84. The van der Waals surface area contributed by atoms with E-state index in [9.17, 15) is 0 Å². The number of nitrogens with one attached hydrogen (secondary N) is 1. The van der Waals surface area contributed by atoms with Crippen LogP contribution < -0.4 is 0 Å². The Morgan fingerprint density at radius 2 is 1.48 bits per heavy atom. The number of nitrogens with zero attached hydrogens (tertiary/aromatic N) is 3. The second-order valence-corrected chi connectivity index (χ2v) is 6.84. The fourth-order valence-electron chi connectivity index (χ4n) is 3.47. The van der Waals surface area contributed by atoms with Crippen molar-refractivity contribution in [2.75, 3.05) is 0 Å². The molecule has 0 amide bonds. The van der Waals surface area contributed by atoms with Crippen LogP contribution in [-0.4, -0.2) is 9.97 Å². The minimum absolute atomic E-state index is 0.830. The Labute approximate surface area is 156 Å². The van der Waals surface area contributed by atoms with E-state index in [-0.39, 0.29) is 0 Å². The summed E-state index contributed by atoms with van der Waals surface area (Å²) in [5.74, 6) is 0. The number of hydrogen-bond acceptors (Lipinski definition) is 3. The quantitative estimate of drug-likeness (QED) is 0.348. The minimum atomic E-state index is 0.830. The van der Waals surface area contributed by atoms with E-state index in [2.05, 4.69) is 53.3 Å². The Bertz CT molecular complexity index is 1280. The molecule has 0 bridgehead atoms. The summed E-state index contributed by atoms with van der Waals surface area (Å²) in [6.45, 7) is 4.23. The molecular formula is C23H18N4. The van der Waals surface area contributed by atoms with Gasteiger partial charge in [-0.15, -0.1) is 5.11 Å². The summed E-state index contributed by atoms with van der Waals surface area (Å²) in [6, 6.07) is 22.3. The molecule has 0 unspecified atom stereocenters. The lowest BCUT2D eigenvalue weighted by atomic mass is 10.1. The molecule has 0 spiro atoms. The van der Waals surface area contributed by atoms with Gasteiger partial charge in [-0.3, -0.25) is 0 Å². The van der Waals surface area contributed by atoms with Gasteiger partial charge in [-0.2, -0.15) is 5.11 Å². The molecule has 3 aromatic rings. The minimum Gasteiger partial charge on any atom is -0.350 e. The Morgan fingerprint density at radius 3 is 2.30 bits per heavy atom. The lowest BCUT2D eigenvalue weighted by Gasteiger charge is -2.08. The van der Waals surface area contributed by atoms with Crippen molar-refractivity contribution in [2.45, 2.75) is 13.8 Å². The molecule has 5 rings (SSSR count). The standard InChI is InChI=1S/C23H18N4/c1-14-12-19-20(13-15(14)2)25-23-21(24-19)17-10-6-7-11-18(17)22(23)27-26-16-8-4-3-5-9-16/h3-13,25H,1-2H3. The molecule has 1 N–H and O–H groups in total. The maximum absolute atomic E-state index is 4.95. The van der Waals surface area contributed by atoms with Gasteiger partial charge in [-0.1, -0.05) is 42.5 Å². The van der Waals surface area contributed by atoms with Crippen molar-refractivity contribution in [1.29, 1.82) is 0 Å². The molecule has 0 atom stereocenters. The number of H-pyrrole nitrogens is 1. The van der Waals surface area contributed by atoms with Crippen LogP contribution in [-0.2, 0) is 0 Å². The summed E-state index contributed by atoms with van der Waals surface area (Å²) in [4.78, 5) is 8.51. The summed E-state index contributed by atoms with van der Waals surface area (Å²) in [6.07, 6.45) is 0. The second kappa shape index (κ2) is 6.02. The number of hydrogen-bond donors (Lipinski definition) is 1. The number of aryl methyl sites for hydroxylation is 2. The Hall–Kier alpha value is -3.53. The lowest BCUT2D eigenvalue weighted by Crippen LogP contribution is -1.92. The van der Waals surface area contributed by atoms with Gasteiger partial charge < -0.3 is 4.98 Å². The predicted molar refractivity (Wildman–Crippen MR) is 110 cm³/mol. The number of aromatic nitrogens is 2. The number of aromatic amines is 1. The monoisotopic (exact) mass is 350 g/mol. The molecular weight excluding hydrogens is 332 g/mol. The van der Waals surface area contributed by atoms with Crippen LogP contribution >= 0.6 is 0 Å². The molecule has 0 saturated carbocycles. The zero-order valence-electron chi connectivity index (χ0n) is 15.2. The molecule has 4 nitrogen and oxygen atoms in total. The summed E-state index contributed by atoms with van der Waals surface area (Å²) in [7, 11) is 0. The summed E-state index contributed by atoms with van der Waals surface area (Å²) < 4.78 is 0. The van der Waals surface area contributed by atoms with Gasteiger partial charge in [0.15, 0.2) is 0 Å². The summed E-state index contributed by atoms with van der Waals surface area (Å²) in [5.41, 5.74) is 7.97. The smallest absolute Gasteiger partial charge is 0.119 e. The number of azo groups is 1. The predicted octanol–water partition coefficient (Wildman–Crippen LogP) is 6.85. The average molecular weight is 350 g/mol. The van der Waals surface area contributed by atoms with Gasteiger partial charge in [-0.25, -0.2) is 4.98 Å². The van der Waals surface area contributed by atoms with E-state index in [1.54, 1.807) is 0 Å². The number of fused-ring (bicyclic) bond motifs is 4. The Balaban J connectivity index is 1.81. The maximum atomic E-state index is 4.95. The van der Waals surface area contributed by atoms with E-state index in [1.165, 1.54) is 11.1 Å². The van der Waals surface area contributed by atoms with Crippen LogP contribution in [0.3, 0.4) is 0 Å². The first-order valence-electron chi connectivity index (χ1n) is 8.99. The van der Waals surface area contributed by atoms with Crippen molar-refractivity contribution in [3.8, 4) is 11.4 Å². The molecule has 0 aromatic heterocycles. The highest BCUT2D eigenvalue weighted by Gasteiger charge is 2.20. The molecule has 1 aliphatic heterocycles. The molecule has 27 heavy (non-hydrogen) atoms. The SMILES string of the molecule is Cc1cc2nc3c4ccccc4c(N=Nc4ccccc4)c-3[nH]c2cc1C. The first kappa shape index (κ1) is 15.7. The van der Waals surface area contributed by atoms with Gasteiger partial charge in [0, 0.05) is 10.8 Å². The third-order valence-corrected chi connectivity index (χ3v) is 5.04. The van der Waals surface area contributed by atoms with Gasteiger partial charge in [-0.05, 0) is 49.2 Å². The van der Waals surface area contributed by atoms with Crippen molar-refractivity contribution < 1.29 is 0 Å². The molecule has 3 aromatic carbocycles. The zero-order chi connectivity index (χ0) is 18.4. The van der Waals surface area contributed by atoms with Gasteiger partial charge in [0.2, 0.25) is 0 Å². The lowest BCUT2D eigenvalue weighted by molar-refractivity contribution is 1.22.